The summed E-state index contributed by atoms with van der Waals surface area (Å²) in [6, 6.07) is 34.2. The highest BCUT2D eigenvalue weighted by Gasteiger charge is 2.37. The van der Waals surface area contributed by atoms with Crippen LogP contribution in [0, 0.1) is 3.57 Å². The van der Waals surface area contributed by atoms with Gasteiger partial charge in [0.05, 0.1) is 0 Å². The van der Waals surface area contributed by atoms with E-state index in [0.717, 1.165) is 28.5 Å². The van der Waals surface area contributed by atoms with Gasteiger partial charge in [-0.15, -0.1) is 11.6 Å². The third-order valence-corrected chi connectivity index (χ3v) is 9.18. The molecule has 0 N–H and O–H groups in total. The van der Waals surface area contributed by atoms with Gasteiger partial charge in [-0.25, -0.2) is 15.0 Å². The molecule has 0 bridgehead atoms. The Hall–Kier alpha value is -3.87. The Morgan fingerprint density at radius 2 is 1.46 bits per heavy atom. The molecule has 2 aliphatic rings. The van der Waals surface area contributed by atoms with Gasteiger partial charge in [0.25, 0.3) is 0 Å². The lowest BCUT2D eigenvalue weighted by molar-refractivity contribution is 1.03. The lowest BCUT2D eigenvalue weighted by Gasteiger charge is -2.18. The van der Waals surface area contributed by atoms with Gasteiger partial charge in [-0.1, -0.05) is 84.9 Å². The lowest BCUT2D eigenvalue weighted by Crippen LogP contribution is -2.06. The van der Waals surface area contributed by atoms with Crippen molar-refractivity contribution in [3.8, 4) is 22.8 Å². The fourth-order valence-electron chi connectivity index (χ4n) is 6.00. The van der Waals surface area contributed by atoms with Crippen molar-refractivity contribution >= 4 is 67.4 Å². The van der Waals surface area contributed by atoms with Crippen molar-refractivity contribution in [2.24, 2.45) is 0 Å². The van der Waals surface area contributed by atoms with Gasteiger partial charge in [-0.2, -0.15) is 0 Å². The van der Waals surface area contributed by atoms with Gasteiger partial charge in [0.15, 0.2) is 17.5 Å². The first-order chi connectivity index (χ1) is 20.2. The number of aryl methyl sites for hydroxylation is 1. The number of hydrogen-bond acceptors (Lipinski definition) is 3. The summed E-state index contributed by atoms with van der Waals surface area (Å²) in [4.78, 5) is 15.4. The molecule has 0 saturated heterocycles. The summed E-state index contributed by atoms with van der Waals surface area (Å²) in [5.41, 5.74) is 8.14. The maximum absolute atomic E-state index is 6.09. The molecular weight excluding hydrogens is 637 g/mol. The number of halogens is 2. The molecule has 41 heavy (non-hydrogen) atoms. The number of aromatic nitrogens is 3. The summed E-state index contributed by atoms with van der Waals surface area (Å²) in [5.74, 6) is 2.97. The van der Waals surface area contributed by atoms with Crippen LogP contribution in [0.1, 0.15) is 28.4 Å². The molecule has 196 valence electrons. The zero-order valence-electron chi connectivity index (χ0n) is 22.0. The number of fused-ring (bicyclic) bond motifs is 6. The molecule has 5 heteroatoms. The minimum atomic E-state index is 0.330. The lowest BCUT2D eigenvalue weighted by atomic mass is 9.91. The molecule has 6 aromatic rings. The summed E-state index contributed by atoms with van der Waals surface area (Å²) in [5, 5.41) is 4.71. The molecule has 1 aromatic heterocycles. The van der Waals surface area contributed by atoms with Crippen molar-refractivity contribution in [2.45, 2.75) is 12.3 Å². The predicted molar refractivity (Wildman–Crippen MR) is 178 cm³/mol. The zero-order valence-corrected chi connectivity index (χ0v) is 24.9. The Balaban J connectivity index is 1.39. The monoisotopic (exact) mass is 659 g/mol. The number of nitrogens with zero attached hydrogens (tertiary/aromatic N) is 3. The topological polar surface area (TPSA) is 38.7 Å². The molecular formula is C36H23ClIN3. The summed E-state index contributed by atoms with van der Waals surface area (Å²) < 4.78 is 1.24. The summed E-state index contributed by atoms with van der Waals surface area (Å²) in [6.45, 7) is 0. The van der Waals surface area contributed by atoms with Crippen molar-refractivity contribution in [2.75, 3.05) is 5.88 Å². The Morgan fingerprint density at radius 1 is 0.707 bits per heavy atom. The van der Waals surface area contributed by atoms with Gasteiger partial charge in [0.1, 0.15) is 0 Å². The van der Waals surface area contributed by atoms with E-state index in [1.54, 1.807) is 0 Å². The summed E-state index contributed by atoms with van der Waals surface area (Å²) in [7, 11) is 0. The highest BCUT2D eigenvalue weighted by Crippen LogP contribution is 2.53. The van der Waals surface area contributed by atoms with Crippen molar-refractivity contribution in [3.05, 3.63) is 135 Å². The maximum Gasteiger partial charge on any atom is 0.164 e. The first-order valence-electron chi connectivity index (χ1n) is 13.7. The van der Waals surface area contributed by atoms with Crippen LogP contribution in [0.15, 0.2) is 109 Å². The number of hydrogen-bond donors (Lipinski definition) is 0. The van der Waals surface area contributed by atoms with Gasteiger partial charge in [-0.05, 0) is 97.1 Å². The van der Waals surface area contributed by atoms with Crippen molar-refractivity contribution < 1.29 is 0 Å². The predicted octanol–water partition coefficient (Wildman–Crippen LogP) is 9.48. The van der Waals surface area contributed by atoms with Gasteiger partial charge >= 0.3 is 0 Å². The zero-order chi connectivity index (χ0) is 27.5. The normalized spacial score (nSPS) is 15.3. The second-order valence-electron chi connectivity index (χ2n) is 10.5. The first kappa shape index (κ1) is 24.9. The Bertz CT molecular complexity index is 2100. The molecule has 0 fully saturated rings. The third-order valence-electron chi connectivity index (χ3n) is 8.05. The van der Waals surface area contributed by atoms with E-state index in [4.69, 9.17) is 26.6 Å². The van der Waals surface area contributed by atoms with Gasteiger partial charge in [0, 0.05) is 32.1 Å². The fourth-order valence-corrected chi connectivity index (χ4v) is 6.90. The van der Waals surface area contributed by atoms with Crippen LogP contribution in [0.3, 0.4) is 0 Å². The number of benzene rings is 5. The van der Waals surface area contributed by atoms with E-state index < -0.39 is 0 Å². The van der Waals surface area contributed by atoms with Crippen LogP contribution in [-0.4, -0.2) is 20.8 Å². The van der Waals surface area contributed by atoms with E-state index in [-0.39, 0.29) is 0 Å². The number of alkyl halides is 1. The van der Waals surface area contributed by atoms with Crippen molar-refractivity contribution in [1.29, 1.82) is 0 Å². The molecule has 2 aliphatic carbocycles. The molecule has 0 aliphatic heterocycles. The van der Waals surface area contributed by atoms with E-state index in [0.29, 0.717) is 29.3 Å². The van der Waals surface area contributed by atoms with Crippen LogP contribution in [0.2, 0.25) is 0 Å². The van der Waals surface area contributed by atoms with Crippen LogP contribution in [0.25, 0.3) is 56.0 Å². The van der Waals surface area contributed by atoms with E-state index in [1.165, 1.54) is 42.0 Å². The van der Waals surface area contributed by atoms with Crippen molar-refractivity contribution in [1.82, 2.24) is 15.0 Å². The van der Waals surface area contributed by atoms with E-state index in [9.17, 15) is 0 Å². The summed E-state index contributed by atoms with van der Waals surface area (Å²) >= 11 is 8.52. The van der Waals surface area contributed by atoms with Gasteiger partial charge < -0.3 is 0 Å². The van der Waals surface area contributed by atoms with Gasteiger partial charge in [0.2, 0.25) is 0 Å². The Morgan fingerprint density at radius 3 is 2.34 bits per heavy atom. The fraction of sp³-hybridized carbons (Fsp3) is 0.0833. The molecule has 1 atom stereocenters. The van der Waals surface area contributed by atoms with Crippen LogP contribution in [0.5, 0.6) is 0 Å². The first-order valence-corrected chi connectivity index (χ1v) is 15.3. The quantitative estimate of drug-likeness (QED) is 0.105. The minimum absolute atomic E-state index is 0.330. The van der Waals surface area contributed by atoms with E-state index in [1.807, 2.05) is 0 Å². The standard InChI is InChI=1S/C36H23ClIN3/c37-16-15-21-7-5-9-23(17-21)34-39-35(31-18-22-8-1-2-10-24(22)25-11-3-4-12-26(25)31)41-36(40-34)32-20-30-27(28-19-29(28)32)13-6-14-33(30)38/h1-14,17-20,28H,15-16H2/t28-/m1/s1. The minimum Gasteiger partial charge on any atom is -0.208 e. The summed E-state index contributed by atoms with van der Waals surface area (Å²) in [6.07, 6.45) is 5.38. The van der Waals surface area contributed by atoms with E-state index >= 15 is 0 Å². The Kier molecular flexibility index (Phi) is 6.01. The molecule has 0 radical (unpaired) electrons. The molecule has 5 aromatic carbocycles. The van der Waals surface area contributed by atoms with E-state index in [2.05, 4.69) is 132 Å². The second kappa shape index (κ2) is 9.89. The SMILES string of the molecule is ClCCc1cccc(-c2nc(C3=Cc4c(I)cccc4[C@H]4C=C34)nc(-c3cc4ccccc4c4ccccc34)n2)c1. The number of rotatable bonds is 5. The average Bonchev–Trinajstić information content (AvgIpc) is 3.82. The highest BCUT2D eigenvalue weighted by atomic mass is 127. The van der Waals surface area contributed by atoms with Crippen molar-refractivity contribution in [3.63, 3.8) is 0 Å². The Labute approximate surface area is 256 Å². The number of allylic oxidation sites excluding steroid dienone is 3. The molecule has 8 rings (SSSR count). The third kappa shape index (κ3) is 4.28. The van der Waals surface area contributed by atoms with Crippen LogP contribution in [-0.2, 0) is 6.42 Å². The average molecular weight is 660 g/mol. The smallest absolute Gasteiger partial charge is 0.164 e. The molecule has 0 spiro atoms. The van der Waals surface area contributed by atoms with Crippen LogP contribution < -0.4 is 0 Å². The second-order valence-corrected chi connectivity index (χ2v) is 12.1. The molecule has 0 unspecified atom stereocenters. The van der Waals surface area contributed by atoms with Crippen LogP contribution >= 0.6 is 34.2 Å². The molecule has 3 nitrogen and oxygen atoms in total. The molecule has 0 saturated carbocycles. The highest BCUT2D eigenvalue weighted by molar-refractivity contribution is 14.1. The maximum atomic E-state index is 6.09. The van der Waals surface area contributed by atoms with Crippen LogP contribution in [0.4, 0.5) is 0 Å². The largest absolute Gasteiger partial charge is 0.208 e. The van der Waals surface area contributed by atoms with Gasteiger partial charge in [-0.3, -0.25) is 0 Å². The molecule has 1 heterocycles. The molecule has 0 amide bonds.